The van der Waals surface area contributed by atoms with Crippen LogP contribution in [-0.4, -0.2) is 22.6 Å². The Kier molecular flexibility index (Phi) is 3.70. The fourth-order valence-electron chi connectivity index (χ4n) is 2.35. The number of fused-ring (bicyclic) bond motifs is 1. The minimum absolute atomic E-state index is 0.000676. The minimum atomic E-state index is -0.393. The topological polar surface area (TPSA) is 61.2 Å². The van der Waals surface area contributed by atoms with E-state index in [4.69, 9.17) is 4.74 Å². The standard InChI is InChI=1S/C17H14N2O3/c1-22-15(21)11-19-13-9-5-6-10-14(20)16(13)18-17(19)12-7-3-2-4-8-12/h2-10H,11H2,1H3. The van der Waals surface area contributed by atoms with E-state index in [2.05, 4.69) is 4.98 Å². The lowest BCUT2D eigenvalue weighted by atomic mass is 10.2. The van der Waals surface area contributed by atoms with Crippen LogP contribution in [0.2, 0.25) is 0 Å². The summed E-state index contributed by atoms with van der Waals surface area (Å²) in [5.74, 6) is 0.180. The Bertz CT molecular complexity index is 885. The van der Waals surface area contributed by atoms with Crippen molar-refractivity contribution in [3.63, 3.8) is 0 Å². The van der Waals surface area contributed by atoms with Crippen molar-refractivity contribution < 1.29 is 9.53 Å². The number of methoxy groups -OCH3 is 1. The lowest BCUT2D eigenvalue weighted by Gasteiger charge is -2.07. The fraction of sp³-hybridized carbons (Fsp3) is 0.118. The fourth-order valence-corrected chi connectivity index (χ4v) is 2.35. The molecule has 1 heterocycles. The summed E-state index contributed by atoms with van der Waals surface area (Å²) in [7, 11) is 1.34. The van der Waals surface area contributed by atoms with Gasteiger partial charge in [-0.2, -0.15) is 0 Å². The number of esters is 1. The lowest BCUT2D eigenvalue weighted by Crippen LogP contribution is -2.12. The summed E-state index contributed by atoms with van der Waals surface area (Å²) < 4.78 is 6.46. The summed E-state index contributed by atoms with van der Waals surface area (Å²) in [6.45, 7) is 0.000676. The predicted molar refractivity (Wildman–Crippen MR) is 83.5 cm³/mol. The highest BCUT2D eigenvalue weighted by Gasteiger charge is 2.16. The quantitative estimate of drug-likeness (QED) is 0.695. The molecular weight excluding hydrogens is 280 g/mol. The second-order valence-electron chi connectivity index (χ2n) is 4.78. The van der Waals surface area contributed by atoms with Gasteiger partial charge < -0.3 is 9.30 Å². The van der Waals surface area contributed by atoms with Crippen molar-refractivity contribution in [1.29, 1.82) is 0 Å². The summed E-state index contributed by atoms with van der Waals surface area (Å²) in [5.41, 5.74) is 1.61. The Morgan fingerprint density at radius 2 is 1.77 bits per heavy atom. The van der Waals surface area contributed by atoms with Crippen LogP contribution >= 0.6 is 0 Å². The van der Waals surface area contributed by atoms with Crippen LogP contribution in [0.15, 0.2) is 59.4 Å². The van der Waals surface area contributed by atoms with Crippen LogP contribution in [0.3, 0.4) is 0 Å². The van der Waals surface area contributed by atoms with Crippen LogP contribution in [0.25, 0.3) is 22.4 Å². The number of benzene rings is 1. The molecule has 0 N–H and O–H groups in total. The van der Waals surface area contributed by atoms with E-state index in [1.54, 1.807) is 22.8 Å². The molecule has 3 aromatic rings. The number of hydrogen-bond donors (Lipinski definition) is 0. The number of aromatic nitrogens is 2. The molecule has 2 aromatic carbocycles. The van der Waals surface area contributed by atoms with Crippen LogP contribution in [0.5, 0.6) is 0 Å². The van der Waals surface area contributed by atoms with Crippen molar-refractivity contribution >= 4 is 17.0 Å². The van der Waals surface area contributed by atoms with Gasteiger partial charge in [-0.3, -0.25) is 9.59 Å². The molecule has 0 fully saturated rings. The third kappa shape index (κ3) is 2.48. The molecule has 5 nitrogen and oxygen atoms in total. The Hall–Kier alpha value is -2.95. The predicted octanol–water partition coefficient (Wildman–Crippen LogP) is 2.24. The molecule has 3 rings (SSSR count). The second kappa shape index (κ2) is 5.81. The summed E-state index contributed by atoms with van der Waals surface area (Å²) >= 11 is 0. The average molecular weight is 294 g/mol. The number of carbonyl (C=O) groups is 1. The van der Waals surface area contributed by atoms with Gasteiger partial charge >= 0.3 is 5.97 Å². The Balaban J connectivity index is 2.32. The molecule has 22 heavy (non-hydrogen) atoms. The molecule has 0 atom stereocenters. The van der Waals surface area contributed by atoms with Gasteiger partial charge in [0.15, 0.2) is 0 Å². The van der Waals surface area contributed by atoms with Crippen molar-refractivity contribution in [2.24, 2.45) is 0 Å². The van der Waals surface area contributed by atoms with Gasteiger partial charge in [-0.25, -0.2) is 4.98 Å². The molecular formula is C17H14N2O3. The molecule has 0 saturated carbocycles. The maximum Gasteiger partial charge on any atom is 0.325 e. The van der Waals surface area contributed by atoms with E-state index < -0.39 is 5.97 Å². The smallest absolute Gasteiger partial charge is 0.325 e. The van der Waals surface area contributed by atoms with Crippen LogP contribution in [-0.2, 0) is 16.1 Å². The molecule has 0 aliphatic carbocycles. The van der Waals surface area contributed by atoms with Crippen LogP contribution in [0, 0.1) is 0 Å². The molecule has 0 bridgehead atoms. The monoisotopic (exact) mass is 294 g/mol. The number of ether oxygens (including phenoxy) is 1. The highest BCUT2D eigenvalue weighted by molar-refractivity contribution is 5.82. The SMILES string of the molecule is COC(=O)Cn1c(-c2ccccc2)nc2c(=O)ccccc21. The van der Waals surface area contributed by atoms with E-state index in [-0.39, 0.29) is 12.0 Å². The molecule has 0 saturated heterocycles. The highest BCUT2D eigenvalue weighted by Crippen LogP contribution is 2.22. The van der Waals surface area contributed by atoms with Crippen LogP contribution < -0.4 is 5.43 Å². The van der Waals surface area contributed by atoms with Crippen LogP contribution in [0.4, 0.5) is 0 Å². The Labute approximate surface area is 126 Å². The van der Waals surface area contributed by atoms with Gasteiger partial charge in [0.1, 0.15) is 17.9 Å². The van der Waals surface area contributed by atoms with Gasteiger partial charge in [-0.15, -0.1) is 0 Å². The average Bonchev–Trinajstić information content (AvgIpc) is 2.80. The summed E-state index contributed by atoms with van der Waals surface area (Å²) in [5, 5.41) is 0. The zero-order valence-electron chi connectivity index (χ0n) is 12.0. The number of imidazole rings is 1. The summed E-state index contributed by atoms with van der Waals surface area (Å²) in [6, 6.07) is 16.1. The largest absolute Gasteiger partial charge is 0.468 e. The van der Waals surface area contributed by atoms with Crippen molar-refractivity contribution in [2.45, 2.75) is 6.54 Å². The van der Waals surface area contributed by atoms with Crippen molar-refractivity contribution in [2.75, 3.05) is 7.11 Å². The summed E-state index contributed by atoms with van der Waals surface area (Å²) in [4.78, 5) is 28.3. The van der Waals surface area contributed by atoms with Gasteiger partial charge in [0, 0.05) is 5.56 Å². The first kappa shape index (κ1) is 14.0. The highest BCUT2D eigenvalue weighted by atomic mass is 16.5. The van der Waals surface area contributed by atoms with Gasteiger partial charge in [0.2, 0.25) is 5.43 Å². The maximum atomic E-state index is 12.1. The molecule has 110 valence electrons. The number of rotatable bonds is 3. The van der Waals surface area contributed by atoms with E-state index in [0.717, 1.165) is 5.56 Å². The molecule has 0 aliphatic rings. The molecule has 1 aromatic heterocycles. The second-order valence-corrected chi connectivity index (χ2v) is 4.78. The van der Waals surface area contributed by atoms with Crippen LogP contribution in [0.1, 0.15) is 0 Å². The van der Waals surface area contributed by atoms with Gasteiger partial charge in [-0.05, 0) is 12.1 Å². The van der Waals surface area contributed by atoms with E-state index >= 15 is 0 Å². The van der Waals surface area contributed by atoms with Gasteiger partial charge in [0.25, 0.3) is 0 Å². The first-order valence-electron chi connectivity index (χ1n) is 6.82. The van der Waals surface area contributed by atoms with Gasteiger partial charge in [-0.1, -0.05) is 42.5 Å². The number of nitrogens with zero attached hydrogens (tertiary/aromatic N) is 2. The van der Waals surface area contributed by atoms with Gasteiger partial charge in [0.05, 0.1) is 12.6 Å². The first-order chi connectivity index (χ1) is 10.7. The van der Waals surface area contributed by atoms with Crippen molar-refractivity contribution in [1.82, 2.24) is 9.55 Å². The molecule has 0 unspecified atom stereocenters. The van der Waals surface area contributed by atoms with Crippen molar-refractivity contribution in [3.8, 4) is 11.4 Å². The molecule has 0 radical (unpaired) electrons. The number of hydrogen-bond acceptors (Lipinski definition) is 4. The van der Waals surface area contributed by atoms with E-state index in [1.165, 1.54) is 13.2 Å². The maximum absolute atomic E-state index is 12.1. The van der Waals surface area contributed by atoms with E-state index in [1.807, 2.05) is 30.3 Å². The third-order valence-corrected chi connectivity index (χ3v) is 3.40. The van der Waals surface area contributed by atoms with E-state index in [0.29, 0.717) is 16.9 Å². The number of carbonyl (C=O) groups excluding carboxylic acids is 1. The zero-order valence-corrected chi connectivity index (χ0v) is 12.0. The molecule has 5 heteroatoms. The summed E-state index contributed by atoms with van der Waals surface area (Å²) in [6.07, 6.45) is 0. The molecule has 0 aliphatic heterocycles. The third-order valence-electron chi connectivity index (χ3n) is 3.40. The Morgan fingerprint density at radius 1 is 1.09 bits per heavy atom. The Morgan fingerprint density at radius 3 is 2.50 bits per heavy atom. The lowest BCUT2D eigenvalue weighted by molar-refractivity contribution is -0.141. The molecule has 0 spiro atoms. The normalized spacial score (nSPS) is 10.6. The van der Waals surface area contributed by atoms with Crippen molar-refractivity contribution in [3.05, 3.63) is 64.8 Å². The first-order valence-corrected chi connectivity index (χ1v) is 6.82. The van der Waals surface area contributed by atoms with E-state index in [9.17, 15) is 9.59 Å². The zero-order chi connectivity index (χ0) is 15.5. The minimum Gasteiger partial charge on any atom is -0.468 e. The molecule has 0 amide bonds.